The van der Waals surface area contributed by atoms with Gasteiger partial charge < -0.3 is 9.72 Å². The molecule has 0 aliphatic rings. The summed E-state index contributed by atoms with van der Waals surface area (Å²) in [4.78, 5) is 33.2. The number of esters is 1. The quantitative estimate of drug-likeness (QED) is 0.639. The number of sulfonamides is 1. The minimum atomic E-state index is -3.55. The standard InChI is InChI=1S/C17H25N3O5S2/c1-6-7-8-27(23,24)20-10(3)17(22)25-11(4)14-18-15(21)13-9(2)12(5)26-16(13)19-14/h10-11,20H,6-8H2,1-5H3,(H,18,19,21)/t10-,11+/m0/s1. The van der Waals surface area contributed by atoms with Crippen LogP contribution in [0.25, 0.3) is 10.2 Å². The first-order valence-corrected chi connectivity index (χ1v) is 11.2. The van der Waals surface area contributed by atoms with E-state index in [2.05, 4.69) is 14.7 Å². The van der Waals surface area contributed by atoms with Crippen molar-refractivity contribution in [1.29, 1.82) is 0 Å². The number of nitrogens with zero attached hydrogens (tertiary/aromatic N) is 1. The summed E-state index contributed by atoms with van der Waals surface area (Å²) in [5, 5.41) is 0.539. The third kappa shape index (κ3) is 5.14. The van der Waals surface area contributed by atoms with Gasteiger partial charge in [0.1, 0.15) is 10.9 Å². The van der Waals surface area contributed by atoms with Crippen molar-refractivity contribution < 1.29 is 17.9 Å². The topological polar surface area (TPSA) is 118 Å². The summed E-state index contributed by atoms with van der Waals surface area (Å²) in [5.74, 6) is -0.550. The first-order chi connectivity index (χ1) is 12.6. The van der Waals surface area contributed by atoms with Crippen molar-refractivity contribution in [3.05, 3.63) is 26.6 Å². The van der Waals surface area contributed by atoms with Crippen LogP contribution in [0, 0.1) is 13.8 Å². The minimum absolute atomic E-state index is 0.0424. The van der Waals surface area contributed by atoms with Crippen LogP contribution in [0.3, 0.4) is 0 Å². The van der Waals surface area contributed by atoms with Crippen molar-refractivity contribution >= 4 is 37.5 Å². The fourth-order valence-corrected chi connectivity index (χ4v) is 4.97. The van der Waals surface area contributed by atoms with Crippen LogP contribution in [-0.4, -0.2) is 36.1 Å². The number of H-pyrrole nitrogens is 1. The molecule has 150 valence electrons. The van der Waals surface area contributed by atoms with Crippen molar-refractivity contribution in [1.82, 2.24) is 14.7 Å². The Balaban J connectivity index is 2.12. The monoisotopic (exact) mass is 415 g/mol. The Labute approximate surface area is 162 Å². The lowest BCUT2D eigenvalue weighted by Crippen LogP contribution is -2.41. The molecule has 2 heterocycles. The molecule has 0 aliphatic heterocycles. The number of hydrogen-bond donors (Lipinski definition) is 2. The van der Waals surface area contributed by atoms with Gasteiger partial charge >= 0.3 is 5.97 Å². The predicted octanol–water partition coefficient (Wildman–Crippen LogP) is 2.31. The van der Waals surface area contributed by atoms with Gasteiger partial charge in [0.2, 0.25) is 10.0 Å². The van der Waals surface area contributed by atoms with Gasteiger partial charge in [-0.15, -0.1) is 11.3 Å². The lowest BCUT2D eigenvalue weighted by Gasteiger charge is -2.17. The number of aromatic nitrogens is 2. The van der Waals surface area contributed by atoms with E-state index in [1.165, 1.54) is 18.3 Å². The molecule has 0 fully saturated rings. The highest BCUT2D eigenvalue weighted by molar-refractivity contribution is 7.89. The van der Waals surface area contributed by atoms with Crippen LogP contribution in [-0.2, 0) is 19.6 Å². The smallest absolute Gasteiger partial charge is 0.324 e. The van der Waals surface area contributed by atoms with Crippen LogP contribution in [0.4, 0.5) is 0 Å². The SMILES string of the molecule is CCCCS(=O)(=O)N[C@@H](C)C(=O)O[C@H](C)c1nc2sc(C)c(C)c2c(=O)[nH]1. The van der Waals surface area contributed by atoms with Crippen LogP contribution in [0.2, 0.25) is 0 Å². The number of aryl methyl sites for hydroxylation is 2. The Morgan fingerprint density at radius 2 is 2.00 bits per heavy atom. The molecular formula is C17H25N3O5S2. The first kappa shape index (κ1) is 21.5. The van der Waals surface area contributed by atoms with E-state index < -0.39 is 28.1 Å². The summed E-state index contributed by atoms with van der Waals surface area (Å²) in [5.41, 5.74) is 0.600. The second-order valence-corrected chi connectivity index (χ2v) is 9.58. The van der Waals surface area contributed by atoms with Crippen LogP contribution >= 0.6 is 11.3 Å². The number of fused-ring (bicyclic) bond motifs is 1. The number of nitrogens with one attached hydrogen (secondary N) is 2. The summed E-state index contributed by atoms with van der Waals surface area (Å²) in [6.07, 6.45) is 0.429. The van der Waals surface area contributed by atoms with Crippen molar-refractivity contribution in [3.63, 3.8) is 0 Å². The summed E-state index contributed by atoms with van der Waals surface area (Å²) >= 11 is 1.40. The number of aromatic amines is 1. The molecule has 2 rings (SSSR count). The summed E-state index contributed by atoms with van der Waals surface area (Å²) < 4.78 is 31.4. The fraction of sp³-hybridized carbons (Fsp3) is 0.588. The van der Waals surface area contributed by atoms with Crippen molar-refractivity contribution in [2.24, 2.45) is 0 Å². The fourth-order valence-electron chi connectivity index (χ4n) is 2.51. The second kappa shape index (κ2) is 8.49. The highest BCUT2D eigenvalue weighted by atomic mass is 32.2. The van der Waals surface area contributed by atoms with Crippen molar-refractivity contribution in [2.75, 3.05) is 5.75 Å². The first-order valence-electron chi connectivity index (χ1n) is 8.76. The molecule has 8 nitrogen and oxygen atoms in total. The Kier molecular flexibility index (Phi) is 6.77. The van der Waals surface area contributed by atoms with E-state index in [9.17, 15) is 18.0 Å². The van der Waals surface area contributed by atoms with Crippen molar-refractivity contribution in [2.45, 2.75) is 59.6 Å². The molecule has 0 aliphatic carbocycles. The highest BCUT2D eigenvalue weighted by Gasteiger charge is 2.24. The molecular weight excluding hydrogens is 390 g/mol. The number of thiophene rings is 1. The lowest BCUT2D eigenvalue weighted by molar-refractivity contribution is -0.150. The maximum absolute atomic E-state index is 12.3. The number of hydrogen-bond acceptors (Lipinski definition) is 7. The lowest BCUT2D eigenvalue weighted by atomic mass is 10.2. The maximum Gasteiger partial charge on any atom is 0.324 e. The molecule has 0 amide bonds. The largest absolute Gasteiger partial charge is 0.453 e. The molecule has 10 heteroatoms. The Bertz CT molecular complexity index is 994. The third-order valence-electron chi connectivity index (χ3n) is 4.21. The Hall–Kier alpha value is -1.78. The minimum Gasteiger partial charge on any atom is -0.453 e. The molecule has 2 aromatic heterocycles. The molecule has 2 N–H and O–H groups in total. The molecule has 2 aromatic rings. The van der Waals surface area contributed by atoms with Gasteiger partial charge in [-0.05, 0) is 39.7 Å². The molecule has 0 saturated heterocycles. The molecule has 0 radical (unpaired) electrons. The van der Waals surface area contributed by atoms with Crippen molar-refractivity contribution in [3.8, 4) is 0 Å². The van der Waals surface area contributed by atoms with Crippen LogP contribution in [0.1, 0.15) is 56.0 Å². The van der Waals surface area contributed by atoms with E-state index >= 15 is 0 Å². The van der Waals surface area contributed by atoms with Crippen LogP contribution in [0.15, 0.2) is 4.79 Å². The Morgan fingerprint density at radius 3 is 2.63 bits per heavy atom. The normalized spacial score (nSPS) is 14.3. The molecule has 0 aromatic carbocycles. The van der Waals surface area contributed by atoms with Gasteiger partial charge in [0, 0.05) is 4.88 Å². The number of unbranched alkanes of at least 4 members (excludes halogenated alkanes) is 1. The van der Waals surface area contributed by atoms with Gasteiger partial charge in [-0.25, -0.2) is 18.1 Å². The van der Waals surface area contributed by atoms with E-state index in [1.807, 2.05) is 20.8 Å². The van der Waals surface area contributed by atoms with E-state index in [0.29, 0.717) is 16.6 Å². The third-order valence-corrected chi connectivity index (χ3v) is 6.85. The van der Waals surface area contributed by atoms with Crippen LogP contribution in [0.5, 0.6) is 0 Å². The van der Waals surface area contributed by atoms with Gasteiger partial charge in [0.25, 0.3) is 5.56 Å². The van der Waals surface area contributed by atoms with Gasteiger partial charge in [0.15, 0.2) is 11.9 Å². The van der Waals surface area contributed by atoms with E-state index in [4.69, 9.17) is 4.74 Å². The predicted molar refractivity (Wildman–Crippen MR) is 106 cm³/mol. The average Bonchev–Trinajstić information content (AvgIpc) is 2.87. The second-order valence-electron chi connectivity index (χ2n) is 6.51. The zero-order valence-electron chi connectivity index (χ0n) is 16.1. The summed E-state index contributed by atoms with van der Waals surface area (Å²) in [7, 11) is -3.55. The number of ether oxygens (including phenoxy) is 1. The molecule has 0 bridgehead atoms. The number of carbonyl (C=O) groups is 1. The molecule has 0 saturated carbocycles. The molecule has 0 spiro atoms. The summed E-state index contributed by atoms with van der Waals surface area (Å²) in [6.45, 7) is 8.66. The average molecular weight is 416 g/mol. The zero-order chi connectivity index (χ0) is 20.4. The molecule has 2 atom stereocenters. The highest BCUT2D eigenvalue weighted by Crippen LogP contribution is 2.26. The van der Waals surface area contributed by atoms with E-state index in [0.717, 1.165) is 16.9 Å². The number of carbonyl (C=O) groups excluding carboxylic acids is 1. The van der Waals surface area contributed by atoms with Gasteiger partial charge in [0.05, 0.1) is 11.1 Å². The van der Waals surface area contributed by atoms with Gasteiger partial charge in [-0.2, -0.15) is 0 Å². The van der Waals surface area contributed by atoms with Gasteiger partial charge in [-0.3, -0.25) is 9.59 Å². The Morgan fingerprint density at radius 1 is 1.33 bits per heavy atom. The van der Waals surface area contributed by atoms with E-state index in [-0.39, 0.29) is 17.1 Å². The zero-order valence-corrected chi connectivity index (χ0v) is 17.7. The van der Waals surface area contributed by atoms with E-state index in [1.54, 1.807) is 6.92 Å². The number of rotatable bonds is 8. The summed E-state index contributed by atoms with van der Waals surface area (Å²) in [6, 6.07) is -1.03. The maximum atomic E-state index is 12.3. The van der Waals surface area contributed by atoms with Gasteiger partial charge in [-0.1, -0.05) is 13.3 Å². The molecule has 0 unspecified atom stereocenters. The van der Waals surface area contributed by atoms with Crippen LogP contribution < -0.4 is 10.3 Å². The molecule has 27 heavy (non-hydrogen) atoms.